The third-order valence-corrected chi connectivity index (χ3v) is 4.05. The van der Waals surface area contributed by atoms with Crippen molar-refractivity contribution in [1.29, 1.82) is 0 Å². The van der Waals surface area contributed by atoms with Crippen molar-refractivity contribution >= 4 is 17.8 Å². The van der Waals surface area contributed by atoms with Gasteiger partial charge in [-0.1, -0.05) is 30.3 Å². The minimum Gasteiger partial charge on any atom is -0.453 e. The van der Waals surface area contributed by atoms with Crippen LogP contribution in [-0.2, 0) is 17.8 Å². The van der Waals surface area contributed by atoms with Crippen molar-refractivity contribution in [3.8, 4) is 5.69 Å². The number of urea groups is 1. The van der Waals surface area contributed by atoms with Crippen molar-refractivity contribution in [2.75, 3.05) is 12.4 Å². The summed E-state index contributed by atoms with van der Waals surface area (Å²) in [5.74, 6) is 0. The quantitative estimate of drug-likeness (QED) is 0.613. The predicted molar refractivity (Wildman–Crippen MR) is 105 cm³/mol. The molecule has 0 aliphatic heterocycles. The number of ether oxygens (including phenoxy) is 1. The SMILES string of the molecule is COC(=O)Nc1ccc(CNC(=O)NCc2ccccc2-n2ccnc2)cc1. The monoisotopic (exact) mass is 379 g/mol. The van der Waals surface area contributed by atoms with E-state index in [0.29, 0.717) is 18.8 Å². The molecule has 0 unspecified atom stereocenters. The average molecular weight is 379 g/mol. The van der Waals surface area contributed by atoms with E-state index in [1.165, 1.54) is 7.11 Å². The van der Waals surface area contributed by atoms with E-state index in [-0.39, 0.29) is 6.03 Å². The summed E-state index contributed by atoms with van der Waals surface area (Å²) in [6, 6.07) is 14.7. The van der Waals surface area contributed by atoms with Gasteiger partial charge in [-0.05, 0) is 29.3 Å². The summed E-state index contributed by atoms with van der Waals surface area (Å²) >= 11 is 0. The van der Waals surface area contributed by atoms with E-state index in [0.717, 1.165) is 16.8 Å². The summed E-state index contributed by atoms with van der Waals surface area (Å²) in [5, 5.41) is 8.24. The van der Waals surface area contributed by atoms with Crippen LogP contribution in [0.5, 0.6) is 0 Å². The predicted octanol–water partition coefficient (Wildman–Crippen LogP) is 3.05. The molecular weight excluding hydrogens is 358 g/mol. The molecule has 0 radical (unpaired) electrons. The highest BCUT2D eigenvalue weighted by Crippen LogP contribution is 2.14. The zero-order valence-electron chi connectivity index (χ0n) is 15.4. The second-order valence-corrected chi connectivity index (χ2v) is 5.95. The first-order valence-corrected chi connectivity index (χ1v) is 8.67. The number of rotatable bonds is 6. The number of carbonyl (C=O) groups is 2. The molecule has 0 aliphatic carbocycles. The van der Waals surface area contributed by atoms with Gasteiger partial charge in [0.15, 0.2) is 0 Å². The van der Waals surface area contributed by atoms with Crippen molar-refractivity contribution in [2.24, 2.45) is 0 Å². The Hall–Kier alpha value is -3.81. The maximum Gasteiger partial charge on any atom is 0.411 e. The molecule has 0 saturated heterocycles. The second kappa shape index (κ2) is 9.22. The molecule has 8 heteroatoms. The van der Waals surface area contributed by atoms with Gasteiger partial charge in [-0.3, -0.25) is 5.32 Å². The fraction of sp³-hybridized carbons (Fsp3) is 0.150. The molecule has 0 fully saturated rings. The Balaban J connectivity index is 1.50. The number of anilines is 1. The molecule has 1 aromatic heterocycles. The topological polar surface area (TPSA) is 97.3 Å². The minimum atomic E-state index is -0.527. The number of para-hydroxylation sites is 1. The third-order valence-electron chi connectivity index (χ3n) is 4.05. The maximum absolute atomic E-state index is 12.1. The average Bonchev–Trinajstić information content (AvgIpc) is 3.26. The number of nitrogens with zero attached hydrogens (tertiary/aromatic N) is 2. The van der Waals surface area contributed by atoms with Crippen LogP contribution in [0.15, 0.2) is 67.3 Å². The van der Waals surface area contributed by atoms with E-state index in [2.05, 4.69) is 25.7 Å². The number of benzene rings is 2. The van der Waals surface area contributed by atoms with Crippen molar-refractivity contribution in [3.05, 3.63) is 78.4 Å². The van der Waals surface area contributed by atoms with Crippen LogP contribution in [0.3, 0.4) is 0 Å². The van der Waals surface area contributed by atoms with E-state index < -0.39 is 6.09 Å². The number of imidazole rings is 1. The number of hydrogen-bond donors (Lipinski definition) is 3. The Morgan fingerprint density at radius 1 is 1.04 bits per heavy atom. The molecule has 0 spiro atoms. The molecule has 1 heterocycles. The largest absolute Gasteiger partial charge is 0.453 e. The van der Waals surface area contributed by atoms with Gasteiger partial charge in [0.25, 0.3) is 0 Å². The first-order chi connectivity index (χ1) is 13.7. The van der Waals surface area contributed by atoms with Crippen LogP contribution in [-0.4, -0.2) is 28.8 Å². The first kappa shape index (κ1) is 19.0. The minimum absolute atomic E-state index is 0.266. The lowest BCUT2D eigenvalue weighted by Crippen LogP contribution is -2.34. The van der Waals surface area contributed by atoms with Gasteiger partial charge >= 0.3 is 12.1 Å². The zero-order valence-corrected chi connectivity index (χ0v) is 15.4. The van der Waals surface area contributed by atoms with Gasteiger partial charge in [-0.2, -0.15) is 0 Å². The number of aromatic nitrogens is 2. The summed E-state index contributed by atoms with van der Waals surface area (Å²) in [6.07, 6.45) is 4.76. The van der Waals surface area contributed by atoms with E-state index in [9.17, 15) is 9.59 Å². The Bertz CT molecular complexity index is 923. The van der Waals surface area contributed by atoms with Gasteiger partial charge in [-0.15, -0.1) is 0 Å². The lowest BCUT2D eigenvalue weighted by Gasteiger charge is -2.12. The zero-order chi connectivity index (χ0) is 19.8. The molecule has 0 saturated carbocycles. The Kier molecular flexibility index (Phi) is 6.25. The van der Waals surface area contributed by atoms with Crippen molar-refractivity contribution < 1.29 is 14.3 Å². The molecular formula is C20H21N5O3. The Morgan fingerprint density at radius 2 is 1.79 bits per heavy atom. The van der Waals surface area contributed by atoms with Crippen molar-refractivity contribution in [1.82, 2.24) is 20.2 Å². The molecule has 2 aromatic carbocycles. The van der Waals surface area contributed by atoms with Crippen LogP contribution >= 0.6 is 0 Å². The van der Waals surface area contributed by atoms with Gasteiger partial charge in [0.1, 0.15) is 0 Å². The molecule has 8 nitrogen and oxygen atoms in total. The summed E-state index contributed by atoms with van der Waals surface area (Å²) in [6.45, 7) is 0.760. The summed E-state index contributed by atoms with van der Waals surface area (Å²) in [7, 11) is 1.31. The van der Waals surface area contributed by atoms with Gasteiger partial charge in [0, 0.05) is 31.2 Å². The number of nitrogens with one attached hydrogen (secondary N) is 3. The van der Waals surface area contributed by atoms with E-state index in [1.807, 2.05) is 47.2 Å². The van der Waals surface area contributed by atoms with E-state index >= 15 is 0 Å². The van der Waals surface area contributed by atoms with Crippen LogP contribution in [0.4, 0.5) is 15.3 Å². The van der Waals surface area contributed by atoms with Gasteiger partial charge in [0.2, 0.25) is 0 Å². The normalized spacial score (nSPS) is 10.2. The molecule has 3 aromatic rings. The fourth-order valence-corrected chi connectivity index (χ4v) is 2.61. The number of amides is 3. The first-order valence-electron chi connectivity index (χ1n) is 8.67. The summed E-state index contributed by atoms with van der Waals surface area (Å²) in [5.41, 5.74) is 3.48. The highest BCUT2D eigenvalue weighted by Gasteiger charge is 2.06. The Labute approximate surface area is 162 Å². The Morgan fingerprint density at radius 3 is 2.50 bits per heavy atom. The molecule has 3 amide bonds. The maximum atomic E-state index is 12.1. The molecule has 0 atom stereocenters. The standard InChI is InChI=1S/C20H21N5O3/c1-28-20(27)24-17-8-6-15(7-9-17)12-22-19(26)23-13-16-4-2-3-5-18(16)25-11-10-21-14-25/h2-11,14H,12-13H2,1H3,(H,24,27)(H2,22,23,26). The lowest BCUT2D eigenvalue weighted by molar-refractivity contribution is 0.187. The highest BCUT2D eigenvalue weighted by atomic mass is 16.5. The van der Waals surface area contributed by atoms with Crippen LogP contribution < -0.4 is 16.0 Å². The van der Waals surface area contributed by atoms with Crippen LogP contribution in [0.2, 0.25) is 0 Å². The molecule has 3 N–H and O–H groups in total. The molecule has 0 aliphatic rings. The van der Waals surface area contributed by atoms with Crippen LogP contribution in [0.1, 0.15) is 11.1 Å². The number of carbonyl (C=O) groups excluding carboxylic acids is 2. The van der Waals surface area contributed by atoms with E-state index in [4.69, 9.17) is 0 Å². The van der Waals surface area contributed by atoms with Crippen LogP contribution in [0.25, 0.3) is 5.69 Å². The molecule has 0 bridgehead atoms. The number of hydrogen-bond acceptors (Lipinski definition) is 4. The fourth-order valence-electron chi connectivity index (χ4n) is 2.61. The van der Waals surface area contributed by atoms with Gasteiger partial charge in [-0.25, -0.2) is 14.6 Å². The van der Waals surface area contributed by atoms with Crippen LogP contribution in [0, 0.1) is 0 Å². The summed E-state index contributed by atoms with van der Waals surface area (Å²) < 4.78 is 6.44. The number of methoxy groups -OCH3 is 1. The van der Waals surface area contributed by atoms with Crippen molar-refractivity contribution in [2.45, 2.75) is 13.1 Å². The van der Waals surface area contributed by atoms with Gasteiger partial charge in [0.05, 0.1) is 19.1 Å². The summed E-state index contributed by atoms with van der Waals surface area (Å²) in [4.78, 5) is 27.3. The molecule has 144 valence electrons. The third kappa shape index (κ3) is 5.10. The van der Waals surface area contributed by atoms with Crippen molar-refractivity contribution in [3.63, 3.8) is 0 Å². The van der Waals surface area contributed by atoms with Gasteiger partial charge < -0.3 is 19.9 Å². The molecule has 3 rings (SSSR count). The second-order valence-electron chi connectivity index (χ2n) is 5.95. The highest BCUT2D eigenvalue weighted by molar-refractivity contribution is 5.84. The molecule has 28 heavy (non-hydrogen) atoms. The smallest absolute Gasteiger partial charge is 0.411 e. The lowest BCUT2D eigenvalue weighted by atomic mass is 10.1. The van der Waals surface area contributed by atoms with E-state index in [1.54, 1.807) is 24.7 Å².